The summed E-state index contributed by atoms with van der Waals surface area (Å²) < 4.78 is 0. The van der Waals surface area contributed by atoms with Crippen LogP contribution in [0.3, 0.4) is 0 Å². The molecule has 0 aliphatic carbocycles. The van der Waals surface area contributed by atoms with E-state index in [1.54, 1.807) is 12.1 Å². The van der Waals surface area contributed by atoms with Crippen LogP contribution in [0.15, 0.2) is 40.4 Å². The van der Waals surface area contributed by atoms with Crippen molar-refractivity contribution in [3.05, 3.63) is 51.1 Å². The second-order valence-electron chi connectivity index (χ2n) is 3.87. The molecule has 20 heavy (non-hydrogen) atoms. The van der Waals surface area contributed by atoms with Crippen LogP contribution in [0.5, 0.6) is 0 Å². The summed E-state index contributed by atoms with van der Waals surface area (Å²) >= 11 is 12.9. The molecule has 1 N–H and O–H groups in total. The molecular weight excluding hydrogens is 319 g/mol. The van der Waals surface area contributed by atoms with E-state index in [-0.39, 0.29) is 18.2 Å². The number of carbonyl (C=O) groups is 2. The zero-order chi connectivity index (χ0) is 14.5. The van der Waals surface area contributed by atoms with E-state index in [4.69, 9.17) is 23.2 Å². The molecule has 1 aliphatic rings. The molecule has 0 atom stereocenters. The van der Waals surface area contributed by atoms with E-state index in [1.807, 2.05) is 6.08 Å². The van der Waals surface area contributed by atoms with Crippen LogP contribution >= 0.6 is 35.0 Å². The van der Waals surface area contributed by atoms with Gasteiger partial charge in [0.25, 0.3) is 5.91 Å². The van der Waals surface area contributed by atoms with Gasteiger partial charge < -0.3 is 5.32 Å². The number of hydrogen-bond donors (Lipinski definition) is 1. The molecule has 104 valence electrons. The lowest BCUT2D eigenvalue weighted by Crippen LogP contribution is -2.30. The number of hydrogen-bond acceptors (Lipinski definition) is 4. The molecule has 0 saturated carbocycles. The largest absolute Gasteiger partial charge is 0.345 e. The summed E-state index contributed by atoms with van der Waals surface area (Å²) in [4.78, 5) is 28.0. The minimum Gasteiger partial charge on any atom is -0.345 e. The molecule has 1 amide bonds. The van der Waals surface area contributed by atoms with Crippen molar-refractivity contribution >= 4 is 46.7 Å². The van der Waals surface area contributed by atoms with Crippen molar-refractivity contribution < 1.29 is 9.59 Å². The quantitative estimate of drug-likeness (QED) is 0.863. The molecule has 4 nitrogen and oxygen atoms in total. The number of halogens is 2. The second-order valence-corrected chi connectivity index (χ2v) is 5.69. The summed E-state index contributed by atoms with van der Waals surface area (Å²) in [7, 11) is 0. The molecule has 0 bridgehead atoms. The topological polar surface area (TPSA) is 59.1 Å². The van der Waals surface area contributed by atoms with E-state index in [0.29, 0.717) is 26.4 Å². The van der Waals surface area contributed by atoms with Crippen LogP contribution in [0.2, 0.25) is 5.15 Å². The van der Waals surface area contributed by atoms with Crippen molar-refractivity contribution in [1.82, 2.24) is 10.3 Å². The van der Waals surface area contributed by atoms with Crippen molar-refractivity contribution in [2.75, 3.05) is 12.3 Å². The Morgan fingerprint density at radius 1 is 1.35 bits per heavy atom. The summed E-state index contributed by atoms with van der Waals surface area (Å²) in [6.07, 6.45) is 4.92. The Hall–Kier alpha value is -1.30. The first-order chi connectivity index (χ1) is 9.58. The standard InChI is InChI=1S/C13H10Cl2N2O2S/c14-9-2-1-5-20-12(9)10(18)7-17-13(19)8-3-4-11(15)16-6-8/h1-4,6H,5,7H2,(H,17,19). The SMILES string of the molecule is O=C(CNC(=O)c1ccc(Cl)nc1)C1=C(Cl)C=CCS1. The van der Waals surface area contributed by atoms with E-state index in [2.05, 4.69) is 10.3 Å². The third kappa shape index (κ3) is 3.85. The van der Waals surface area contributed by atoms with Crippen LogP contribution in [-0.4, -0.2) is 29.0 Å². The molecule has 0 unspecified atom stereocenters. The van der Waals surface area contributed by atoms with Crippen molar-refractivity contribution in [2.24, 2.45) is 0 Å². The monoisotopic (exact) mass is 328 g/mol. The van der Waals surface area contributed by atoms with E-state index in [9.17, 15) is 9.59 Å². The van der Waals surface area contributed by atoms with Crippen molar-refractivity contribution in [3.8, 4) is 0 Å². The second kappa shape index (κ2) is 6.92. The molecule has 0 radical (unpaired) electrons. The number of nitrogens with zero attached hydrogens (tertiary/aromatic N) is 1. The van der Waals surface area contributed by atoms with Crippen LogP contribution < -0.4 is 5.32 Å². The van der Waals surface area contributed by atoms with Gasteiger partial charge in [0.05, 0.1) is 22.0 Å². The van der Waals surface area contributed by atoms with Gasteiger partial charge in [-0.05, 0) is 18.2 Å². The maximum Gasteiger partial charge on any atom is 0.253 e. The van der Waals surface area contributed by atoms with Gasteiger partial charge in [0.2, 0.25) is 0 Å². The zero-order valence-corrected chi connectivity index (χ0v) is 12.6. The number of amides is 1. The minimum atomic E-state index is -0.379. The highest BCUT2D eigenvalue weighted by molar-refractivity contribution is 8.04. The van der Waals surface area contributed by atoms with Crippen LogP contribution in [0.1, 0.15) is 10.4 Å². The predicted molar refractivity (Wildman–Crippen MR) is 81.1 cm³/mol. The summed E-state index contributed by atoms with van der Waals surface area (Å²) in [6.45, 7) is -0.103. The number of pyridine rings is 1. The average molecular weight is 329 g/mol. The number of allylic oxidation sites excluding steroid dienone is 2. The highest BCUT2D eigenvalue weighted by Gasteiger charge is 2.17. The molecule has 2 heterocycles. The van der Waals surface area contributed by atoms with Gasteiger partial charge in [-0.3, -0.25) is 9.59 Å². The number of aromatic nitrogens is 1. The normalized spacial score (nSPS) is 14.3. The maximum absolute atomic E-state index is 11.9. The van der Waals surface area contributed by atoms with Gasteiger partial charge in [0, 0.05) is 11.9 Å². The number of thioether (sulfide) groups is 1. The first kappa shape index (κ1) is 15.1. The zero-order valence-electron chi connectivity index (χ0n) is 10.2. The van der Waals surface area contributed by atoms with Gasteiger partial charge in [0.15, 0.2) is 5.78 Å². The fraction of sp³-hybridized carbons (Fsp3) is 0.154. The lowest BCUT2D eigenvalue weighted by atomic mass is 10.2. The first-order valence-electron chi connectivity index (χ1n) is 5.70. The molecule has 2 rings (SSSR count). The molecule has 1 aliphatic heterocycles. The smallest absolute Gasteiger partial charge is 0.253 e. The summed E-state index contributed by atoms with van der Waals surface area (Å²) in [5.41, 5.74) is 0.346. The molecule has 1 aromatic rings. The van der Waals surface area contributed by atoms with Crippen LogP contribution in [-0.2, 0) is 4.79 Å². The van der Waals surface area contributed by atoms with Gasteiger partial charge in [0.1, 0.15) is 5.15 Å². The number of ketones is 1. The van der Waals surface area contributed by atoms with Gasteiger partial charge >= 0.3 is 0 Å². The molecule has 0 saturated heterocycles. The average Bonchev–Trinajstić information content (AvgIpc) is 2.45. The van der Waals surface area contributed by atoms with Gasteiger partial charge in [-0.15, -0.1) is 11.8 Å². The predicted octanol–water partition coefficient (Wildman–Crippen LogP) is 2.79. The molecule has 0 aromatic carbocycles. The van der Waals surface area contributed by atoms with E-state index in [1.165, 1.54) is 24.0 Å². The third-order valence-corrected chi connectivity index (χ3v) is 4.20. The Labute approximate surface area is 130 Å². The number of nitrogens with one attached hydrogen (secondary N) is 1. The van der Waals surface area contributed by atoms with E-state index < -0.39 is 0 Å². The van der Waals surface area contributed by atoms with E-state index >= 15 is 0 Å². The molecule has 0 spiro atoms. The lowest BCUT2D eigenvalue weighted by Gasteiger charge is -2.10. The Morgan fingerprint density at radius 3 is 2.80 bits per heavy atom. The molecule has 1 aromatic heterocycles. The van der Waals surface area contributed by atoms with E-state index in [0.717, 1.165) is 0 Å². The molecule has 0 fully saturated rings. The van der Waals surface area contributed by atoms with Crippen molar-refractivity contribution in [3.63, 3.8) is 0 Å². The Balaban J connectivity index is 1.95. The summed E-state index contributed by atoms with van der Waals surface area (Å²) in [5, 5.41) is 3.25. The molecular formula is C13H10Cl2N2O2S. The Morgan fingerprint density at radius 2 is 2.15 bits per heavy atom. The number of Topliss-reactive ketones (excluding diaryl/α,β-unsaturated/α-hetero) is 1. The maximum atomic E-state index is 11.9. The van der Waals surface area contributed by atoms with Crippen molar-refractivity contribution in [2.45, 2.75) is 0 Å². The first-order valence-corrected chi connectivity index (χ1v) is 7.44. The summed E-state index contributed by atoms with van der Waals surface area (Å²) in [6, 6.07) is 3.05. The van der Waals surface area contributed by atoms with Crippen LogP contribution in [0, 0.1) is 0 Å². The summed E-state index contributed by atoms with van der Waals surface area (Å²) in [5.74, 6) is 0.113. The fourth-order valence-corrected chi connectivity index (χ4v) is 2.76. The van der Waals surface area contributed by atoms with Gasteiger partial charge in [-0.2, -0.15) is 0 Å². The number of carbonyl (C=O) groups excluding carboxylic acids is 2. The van der Waals surface area contributed by atoms with Crippen LogP contribution in [0.25, 0.3) is 0 Å². The van der Waals surface area contributed by atoms with Crippen LogP contribution in [0.4, 0.5) is 0 Å². The lowest BCUT2D eigenvalue weighted by molar-refractivity contribution is -0.114. The highest BCUT2D eigenvalue weighted by atomic mass is 35.5. The highest BCUT2D eigenvalue weighted by Crippen LogP contribution is 2.28. The molecule has 7 heteroatoms. The minimum absolute atomic E-state index is 0.103. The Bertz CT molecular complexity index is 597. The number of rotatable bonds is 4. The third-order valence-electron chi connectivity index (χ3n) is 2.46. The fourth-order valence-electron chi connectivity index (χ4n) is 1.49. The van der Waals surface area contributed by atoms with Gasteiger partial charge in [-0.1, -0.05) is 29.3 Å². The van der Waals surface area contributed by atoms with Crippen molar-refractivity contribution in [1.29, 1.82) is 0 Å². The Kier molecular flexibility index (Phi) is 5.23. The van der Waals surface area contributed by atoms with Gasteiger partial charge in [-0.25, -0.2) is 4.98 Å².